The lowest BCUT2D eigenvalue weighted by Gasteiger charge is -2.37. The predicted octanol–water partition coefficient (Wildman–Crippen LogP) is -1.80. The molecule has 0 radical (unpaired) electrons. The second-order valence-corrected chi connectivity index (χ2v) is 2.95. The van der Waals surface area contributed by atoms with Crippen molar-refractivity contribution in [2.24, 2.45) is 0 Å². The van der Waals surface area contributed by atoms with Crippen LogP contribution in [0, 0.1) is 0 Å². The van der Waals surface area contributed by atoms with Crippen LogP contribution in [0.3, 0.4) is 0 Å². The molecule has 0 aromatic carbocycles. The summed E-state index contributed by atoms with van der Waals surface area (Å²) in [6, 6.07) is 0. The highest BCUT2D eigenvalue weighted by Gasteiger charge is 2.41. The number of ether oxygens (including phenoxy) is 1. The standard InChI is InChI=1S/C7H14O5/c1-2-3-4(8)5(9)6(10)7(11)12-3/h3-11H,2H2,1H3/t3-,4+,5+,6-,7+/m1/s1. The average Bonchev–Trinajstić information content (AvgIpc) is 2.08. The molecular formula is C7H14O5. The normalized spacial score (nSPS) is 49.2. The lowest BCUT2D eigenvalue weighted by molar-refractivity contribution is -0.281. The summed E-state index contributed by atoms with van der Waals surface area (Å²) in [5.41, 5.74) is 0. The van der Waals surface area contributed by atoms with Gasteiger partial charge in [0.15, 0.2) is 6.29 Å². The van der Waals surface area contributed by atoms with E-state index in [0.29, 0.717) is 6.42 Å². The third-order valence-electron chi connectivity index (χ3n) is 2.09. The molecule has 0 saturated carbocycles. The summed E-state index contributed by atoms with van der Waals surface area (Å²) in [7, 11) is 0. The van der Waals surface area contributed by atoms with Crippen LogP contribution in [-0.4, -0.2) is 51.1 Å². The van der Waals surface area contributed by atoms with Crippen LogP contribution >= 0.6 is 0 Å². The van der Waals surface area contributed by atoms with E-state index in [-0.39, 0.29) is 0 Å². The highest BCUT2D eigenvalue weighted by Crippen LogP contribution is 2.21. The minimum Gasteiger partial charge on any atom is -0.388 e. The van der Waals surface area contributed by atoms with Gasteiger partial charge in [-0.05, 0) is 6.42 Å². The highest BCUT2D eigenvalue weighted by molar-refractivity contribution is 4.87. The SMILES string of the molecule is CC[C@H]1O[C@H](O)[C@H](O)[C@@H](O)[C@H]1O. The lowest BCUT2D eigenvalue weighted by atomic mass is 9.97. The minimum atomic E-state index is -1.43. The Labute approximate surface area is 70.2 Å². The van der Waals surface area contributed by atoms with Crippen LogP contribution in [0.4, 0.5) is 0 Å². The number of aliphatic hydroxyl groups is 4. The summed E-state index contributed by atoms with van der Waals surface area (Å²) < 4.78 is 4.83. The maximum absolute atomic E-state index is 9.28. The van der Waals surface area contributed by atoms with E-state index in [9.17, 15) is 10.2 Å². The summed E-state index contributed by atoms with van der Waals surface area (Å²) >= 11 is 0. The smallest absolute Gasteiger partial charge is 0.183 e. The molecule has 1 heterocycles. The molecule has 72 valence electrons. The molecule has 1 aliphatic rings. The molecule has 0 bridgehead atoms. The van der Waals surface area contributed by atoms with Crippen LogP contribution in [0.5, 0.6) is 0 Å². The molecule has 1 aliphatic heterocycles. The third-order valence-corrected chi connectivity index (χ3v) is 2.09. The van der Waals surface area contributed by atoms with Crippen molar-refractivity contribution >= 4 is 0 Å². The zero-order chi connectivity index (χ0) is 9.30. The number of aliphatic hydroxyl groups excluding tert-OH is 4. The van der Waals surface area contributed by atoms with Gasteiger partial charge in [-0.25, -0.2) is 0 Å². The van der Waals surface area contributed by atoms with Crippen LogP contribution < -0.4 is 0 Å². The van der Waals surface area contributed by atoms with Gasteiger partial charge in [0.1, 0.15) is 18.3 Å². The Kier molecular flexibility index (Phi) is 3.03. The molecule has 12 heavy (non-hydrogen) atoms. The molecule has 4 N–H and O–H groups in total. The Hall–Kier alpha value is -0.200. The predicted molar refractivity (Wildman–Crippen MR) is 39.2 cm³/mol. The average molecular weight is 178 g/mol. The summed E-state index contributed by atoms with van der Waals surface area (Å²) in [5, 5.41) is 36.5. The first-order valence-corrected chi connectivity index (χ1v) is 3.95. The van der Waals surface area contributed by atoms with E-state index in [1.807, 2.05) is 0 Å². The van der Waals surface area contributed by atoms with Crippen LogP contribution in [-0.2, 0) is 4.74 Å². The van der Waals surface area contributed by atoms with Gasteiger partial charge >= 0.3 is 0 Å². The van der Waals surface area contributed by atoms with Crippen molar-refractivity contribution in [1.82, 2.24) is 0 Å². The fourth-order valence-corrected chi connectivity index (χ4v) is 1.27. The van der Waals surface area contributed by atoms with Gasteiger partial charge in [-0.3, -0.25) is 0 Å². The van der Waals surface area contributed by atoms with Gasteiger partial charge in [-0.1, -0.05) is 6.92 Å². The van der Waals surface area contributed by atoms with Crippen molar-refractivity contribution in [3.63, 3.8) is 0 Å². The number of rotatable bonds is 1. The maximum Gasteiger partial charge on any atom is 0.183 e. The molecule has 1 fully saturated rings. The van der Waals surface area contributed by atoms with Crippen LogP contribution in [0.1, 0.15) is 13.3 Å². The quantitative estimate of drug-likeness (QED) is 0.380. The van der Waals surface area contributed by atoms with E-state index in [1.54, 1.807) is 6.92 Å². The zero-order valence-corrected chi connectivity index (χ0v) is 6.79. The fraction of sp³-hybridized carbons (Fsp3) is 1.00. The monoisotopic (exact) mass is 178 g/mol. The number of hydrogen-bond acceptors (Lipinski definition) is 5. The van der Waals surface area contributed by atoms with Gasteiger partial charge in [-0.15, -0.1) is 0 Å². The molecule has 0 amide bonds. The largest absolute Gasteiger partial charge is 0.388 e. The molecule has 1 saturated heterocycles. The van der Waals surface area contributed by atoms with Gasteiger partial charge in [0.25, 0.3) is 0 Å². The fourth-order valence-electron chi connectivity index (χ4n) is 1.27. The molecule has 5 atom stereocenters. The first-order valence-electron chi connectivity index (χ1n) is 3.95. The van der Waals surface area contributed by atoms with Crippen molar-refractivity contribution in [2.75, 3.05) is 0 Å². The summed E-state index contributed by atoms with van der Waals surface area (Å²) in [6.45, 7) is 1.75. The Balaban J connectivity index is 2.63. The van der Waals surface area contributed by atoms with E-state index in [0.717, 1.165) is 0 Å². The molecule has 0 aliphatic carbocycles. The summed E-state index contributed by atoms with van der Waals surface area (Å²) in [4.78, 5) is 0. The van der Waals surface area contributed by atoms with E-state index >= 15 is 0 Å². The van der Waals surface area contributed by atoms with Gasteiger partial charge in [-0.2, -0.15) is 0 Å². The second kappa shape index (κ2) is 3.68. The van der Waals surface area contributed by atoms with Crippen LogP contribution in [0.25, 0.3) is 0 Å². The third kappa shape index (κ3) is 1.60. The summed E-state index contributed by atoms with van der Waals surface area (Å²) in [5.74, 6) is 0. The van der Waals surface area contributed by atoms with Crippen molar-refractivity contribution in [3.05, 3.63) is 0 Å². The van der Waals surface area contributed by atoms with Crippen LogP contribution in [0.15, 0.2) is 0 Å². The molecule has 5 heteroatoms. The van der Waals surface area contributed by atoms with E-state index in [2.05, 4.69) is 0 Å². The number of hydrogen-bond donors (Lipinski definition) is 4. The van der Waals surface area contributed by atoms with E-state index < -0.39 is 30.7 Å². The Morgan fingerprint density at radius 3 is 2.08 bits per heavy atom. The Morgan fingerprint density at radius 2 is 1.58 bits per heavy atom. The molecule has 0 unspecified atom stereocenters. The first-order chi connectivity index (χ1) is 5.57. The summed E-state index contributed by atoms with van der Waals surface area (Å²) in [6.07, 6.45) is -5.44. The molecule has 0 aromatic rings. The second-order valence-electron chi connectivity index (χ2n) is 2.95. The van der Waals surface area contributed by atoms with Gasteiger partial charge in [0.05, 0.1) is 6.10 Å². The van der Waals surface area contributed by atoms with Crippen molar-refractivity contribution in [2.45, 2.75) is 44.1 Å². The topological polar surface area (TPSA) is 90.2 Å². The van der Waals surface area contributed by atoms with E-state index in [1.165, 1.54) is 0 Å². The molecule has 1 rings (SSSR count). The van der Waals surface area contributed by atoms with Gasteiger partial charge in [0, 0.05) is 0 Å². The van der Waals surface area contributed by atoms with Gasteiger partial charge in [0.2, 0.25) is 0 Å². The molecule has 0 spiro atoms. The Morgan fingerprint density at radius 1 is 1.00 bits per heavy atom. The molecule has 0 aromatic heterocycles. The zero-order valence-electron chi connectivity index (χ0n) is 6.79. The molecule has 5 nitrogen and oxygen atoms in total. The first kappa shape index (κ1) is 9.88. The van der Waals surface area contributed by atoms with Crippen molar-refractivity contribution in [3.8, 4) is 0 Å². The Bertz CT molecular complexity index is 146. The highest BCUT2D eigenvalue weighted by atomic mass is 16.6. The van der Waals surface area contributed by atoms with Crippen LogP contribution in [0.2, 0.25) is 0 Å². The van der Waals surface area contributed by atoms with Crippen molar-refractivity contribution < 1.29 is 25.2 Å². The van der Waals surface area contributed by atoms with Crippen molar-refractivity contribution in [1.29, 1.82) is 0 Å². The van der Waals surface area contributed by atoms with E-state index in [4.69, 9.17) is 14.9 Å². The molecular weight excluding hydrogens is 164 g/mol. The van der Waals surface area contributed by atoms with Gasteiger partial charge < -0.3 is 25.2 Å². The lowest BCUT2D eigenvalue weighted by Crippen LogP contribution is -2.57. The maximum atomic E-state index is 9.28. The minimum absolute atomic E-state index is 0.474.